The number of hydrogen-bond acceptors (Lipinski definition) is 4. The summed E-state index contributed by atoms with van der Waals surface area (Å²) in [6.45, 7) is 0.600. The maximum atomic E-state index is 5.82. The van der Waals surface area contributed by atoms with Crippen molar-refractivity contribution < 1.29 is 0 Å². The fraction of sp³-hybridized carbons (Fsp3) is 0.200. The minimum absolute atomic E-state index is 0.600. The zero-order valence-corrected chi connectivity index (χ0v) is 10.4. The topological polar surface area (TPSA) is 68.8 Å². The van der Waals surface area contributed by atoms with E-state index in [1.807, 2.05) is 23.9 Å². The number of aromatic nitrogens is 3. The lowest BCUT2D eigenvalue weighted by Gasteiger charge is -2.08. The van der Waals surface area contributed by atoms with Crippen LogP contribution in [0.1, 0.15) is 5.82 Å². The third kappa shape index (κ3) is 2.33. The zero-order valence-electron chi connectivity index (χ0n) is 8.81. The van der Waals surface area contributed by atoms with E-state index in [1.165, 1.54) is 0 Å². The van der Waals surface area contributed by atoms with Crippen LogP contribution in [0.25, 0.3) is 0 Å². The van der Waals surface area contributed by atoms with Gasteiger partial charge in [0.05, 0.1) is 12.2 Å². The number of imidazole rings is 1. The highest BCUT2D eigenvalue weighted by atomic mass is 79.9. The minimum atomic E-state index is 0.600. The molecule has 0 saturated heterocycles. The Morgan fingerprint density at radius 2 is 2.31 bits per heavy atom. The van der Waals surface area contributed by atoms with Crippen LogP contribution < -0.4 is 11.1 Å². The molecule has 2 aromatic heterocycles. The molecule has 0 aromatic carbocycles. The Morgan fingerprint density at radius 1 is 1.50 bits per heavy atom. The third-order valence-corrected chi connectivity index (χ3v) is 2.65. The fourth-order valence-corrected chi connectivity index (χ4v) is 1.68. The number of nitrogens with zero attached hydrogens (tertiary/aromatic N) is 3. The number of rotatable bonds is 3. The Hall–Kier alpha value is -1.56. The number of aryl methyl sites for hydroxylation is 1. The number of hydrogen-bond donors (Lipinski definition) is 2. The molecule has 16 heavy (non-hydrogen) atoms. The lowest BCUT2D eigenvalue weighted by Crippen LogP contribution is -2.08. The lowest BCUT2D eigenvalue weighted by molar-refractivity contribution is 0.811. The highest BCUT2D eigenvalue weighted by Crippen LogP contribution is 2.20. The minimum Gasteiger partial charge on any atom is -0.396 e. The molecular formula is C10H12BrN5. The zero-order chi connectivity index (χ0) is 11.5. The van der Waals surface area contributed by atoms with Gasteiger partial charge in [-0.3, -0.25) is 0 Å². The number of nitrogen functional groups attached to an aromatic ring is 1. The Balaban J connectivity index is 2.08. The van der Waals surface area contributed by atoms with Crippen molar-refractivity contribution in [3.05, 3.63) is 35.0 Å². The molecule has 2 rings (SSSR count). The van der Waals surface area contributed by atoms with E-state index in [0.29, 0.717) is 18.1 Å². The predicted octanol–water partition coefficient (Wildman–Crippen LogP) is 1.77. The number of pyridine rings is 1. The molecule has 0 atom stereocenters. The molecule has 3 N–H and O–H groups in total. The first-order valence-corrected chi connectivity index (χ1v) is 5.57. The number of anilines is 2. The van der Waals surface area contributed by atoms with Gasteiger partial charge in [0, 0.05) is 30.1 Å². The highest BCUT2D eigenvalue weighted by molar-refractivity contribution is 9.10. The van der Waals surface area contributed by atoms with Crippen LogP contribution in [-0.4, -0.2) is 14.5 Å². The molecule has 0 aliphatic rings. The van der Waals surface area contributed by atoms with Gasteiger partial charge < -0.3 is 15.6 Å². The lowest BCUT2D eigenvalue weighted by atomic mass is 10.4. The summed E-state index contributed by atoms with van der Waals surface area (Å²) >= 11 is 3.31. The van der Waals surface area contributed by atoms with Crippen LogP contribution in [-0.2, 0) is 13.6 Å². The summed E-state index contributed by atoms with van der Waals surface area (Å²) in [5.74, 6) is 1.61. The van der Waals surface area contributed by atoms with Gasteiger partial charge in [-0.05, 0) is 22.0 Å². The molecule has 0 unspecified atom stereocenters. The van der Waals surface area contributed by atoms with Gasteiger partial charge in [-0.1, -0.05) is 0 Å². The first-order valence-electron chi connectivity index (χ1n) is 4.78. The molecule has 2 aromatic rings. The summed E-state index contributed by atoms with van der Waals surface area (Å²) < 4.78 is 2.81. The van der Waals surface area contributed by atoms with Crippen LogP contribution >= 0.6 is 15.9 Å². The summed E-state index contributed by atoms with van der Waals surface area (Å²) in [6.07, 6.45) is 5.36. The van der Waals surface area contributed by atoms with Gasteiger partial charge in [0.15, 0.2) is 0 Å². The molecule has 0 radical (unpaired) electrons. The number of nitrogens with two attached hydrogens (primary N) is 1. The van der Waals surface area contributed by atoms with Gasteiger partial charge in [-0.25, -0.2) is 9.97 Å². The van der Waals surface area contributed by atoms with E-state index < -0.39 is 0 Å². The van der Waals surface area contributed by atoms with E-state index >= 15 is 0 Å². The average molecular weight is 282 g/mol. The van der Waals surface area contributed by atoms with Crippen molar-refractivity contribution in [3.63, 3.8) is 0 Å². The molecule has 0 aliphatic heterocycles. The van der Waals surface area contributed by atoms with Crippen LogP contribution in [0.15, 0.2) is 29.1 Å². The molecule has 0 amide bonds. The average Bonchev–Trinajstić information content (AvgIpc) is 2.63. The Labute approximate surface area is 102 Å². The van der Waals surface area contributed by atoms with Crippen molar-refractivity contribution in [1.82, 2.24) is 14.5 Å². The maximum absolute atomic E-state index is 5.82. The first-order chi connectivity index (χ1) is 7.66. The van der Waals surface area contributed by atoms with Gasteiger partial charge in [0.1, 0.15) is 11.6 Å². The summed E-state index contributed by atoms with van der Waals surface area (Å²) in [6, 6.07) is 1.81. The Bertz CT molecular complexity index is 494. The SMILES string of the molecule is Cn1ccnc1CNc1ncc(Br)cc1N. The Morgan fingerprint density at radius 3 is 2.94 bits per heavy atom. The van der Waals surface area contributed by atoms with Crippen LogP contribution in [0.2, 0.25) is 0 Å². The van der Waals surface area contributed by atoms with Crippen molar-refractivity contribution in [2.45, 2.75) is 6.54 Å². The molecule has 0 aliphatic carbocycles. The van der Waals surface area contributed by atoms with Crippen molar-refractivity contribution in [1.29, 1.82) is 0 Å². The molecular weight excluding hydrogens is 270 g/mol. The van der Waals surface area contributed by atoms with Gasteiger partial charge >= 0.3 is 0 Å². The van der Waals surface area contributed by atoms with Crippen molar-refractivity contribution in [2.75, 3.05) is 11.1 Å². The summed E-state index contributed by atoms with van der Waals surface area (Å²) in [7, 11) is 1.95. The van der Waals surface area contributed by atoms with Gasteiger partial charge in [-0.2, -0.15) is 0 Å². The largest absolute Gasteiger partial charge is 0.396 e. The second-order valence-corrected chi connectivity index (χ2v) is 4.31. The fourth-order valence-electron chi connectivity index (χ4n) is 1.33. The van der Waals surface area contributed by atoms with E-state index in [4.69, 9.17) is 5.73 Å². The smallest absolute Gasteiger partial charge is 0.149 e. The van der Waals surface area contributed by atoms with E-state index in [9.17, 15) is 0 Å². The summed E-state index contributed by atoms with van der Waals surface area (Å²) in [5.41, 5.74) is 6.43. The van der Waals surface area contributed by atoms with Gasteiger partial charge in [0.25, 0.3) is 0 Å². The predicted molar refractivity (Wildman–Crippen MR) is 66.9 cm³/mol. The number of nitrogens with one attached hydrogen (secondary N) is 1. The molecule has 5 nitrogen and oxygen atoms in total. The molecule has 84 valence electrons. The molecule has 0 fully saturated rings. The van der Waals surface area contributed by atoms with Crippen molar-refractivity contribution in [3.8, 4) is 0 Å². The molecule has 0 spiro atoms. The monoisotopic (exact) mass is 281 g/mol. The van der Waals surface area contributed by atoms with E-state index in [2.05, 4.69) is 31.2 Å². The summed E-state index contributed by atoms with van der Waals surface area (Å²) in [5, 5.41) is 3.14. The standard InChI is InChI=1S/C10H12BrN5/c1-16-3-2-13-9(16)6-15-10-8(12)4-7(11)5-14-10/h2-5H,6,12H2,1H3,(H,14,15). The van der Waals surface area contributed by atoms with Crippen molar-refractivity contribution >= 4 is 27.4 Å². The van der Waals surface area contributed by atoms with Gasteiger partial charge in [0.2, 0.25) is 0 Å². The first kappa shape index (κ1) is 10.9. The highest BCUT2D eigenvalue weighted by Gasteiger charge is 2.03. The van der Waals surface area contributed by atoms with Crippen LogP contribution in [0.5, 0.6) is 0 Å². The van der Waals surface area contributed by atoms with E-state index in [1.54, 1.807) is 12.4 Å². The van der Waals surface area contributed by atoms with Crippen LogP contribution in [0, 0.1) is 0 Å². The normalized spacial score (nSPS) is 10.4. The van der Waals surface area contributed by atoms with Crippen molar-refractivity contribution in [2.24, 2.45) is 7.05 Å². The van der Waals surface area contributed by atoms with E-state index in [0.717, 1.165) is 10.3 Å². The maximum Gasteiger partial charge on any atom is 0.149 e. The molecule has 6 heteroatoms. The second-order valence-electron chi connectivity index (χ2n) is 3.40. The Kier molecular flexibility index (Phi) is 3.09. The van der Waals surface area contributed by atoms with Crippen LogP contribution in [0.3, 0.4) is 0 Å². The van der Waals surface area contributed by atoms with Gasteiger partial charge in [-0.15, -0.1) is 0 Å². The summed E-state index contributed by atoms with van der Waals surface area (Å²) in [4.78, 5) is 8.39. The van der Waals surface area contributed by atoms with Crippen LogP contribution in [0.4, 0.5) is 11.5 Å². The molecule has 0 saturated carbocycles. The third-order valence-electron chi connectivity index (χ3n) is 2.22. The van der Waals surface area contributed by atoms with E-state index in [-0.39, 0.29) is 0 Å². The number of halogens is 1. The quantitative estimate of drug-likeness (QED) is 0.900. The second kappa shape index (κ2) is 4.52. The molecule has 0 bridgehead atoms. The molecule has 2 heterocycles.